The van der Waals surface area contributed by atoms with Crippen LogP contribution in [0.15, 0.2) is 48.5 Å². The summed E-state index contributed by atoms with van der Waals surface area (Å²) in [5, 5.41) is 0. The summed E-state index contributed by atoms with van der Waals surface area (Å²) < 4.78 is 11.3. The Kier molecular flexibility index (Phi) is 4.82. The fourth-order valence-electron chi connectivity index (χ4n) is 1.88. The average molecular weight is 285 g/mol. The number of ether oxygens (including phenoxy) is 2. The minimum atomic E-state index is -0.506. The first-order valence-corrected chi connectivity index (χ1v) is 6.83. The van der Waals surface area contributed by atoms with Crippen molar-refractivity contribution in [3.05, 3.63) is 59.7 Å². The lowest BCUT2D eigenvalue weighted by Gasteiger charge is -2.13. The van der Waals surface area contributed by atoms with E-state index in [9.17, 15) is 4.79 Å². The van der Waals surface area contributed by atoms with Gasteiger partial charge in [-0.1, -0.05) is 30.3 Å². The lowest BCUT2D eigenvalue weighted by Crippen LogP contribution is -2.12. The van der Waals surface area contributed by atoms with Crippen LogP contribution in [0.5, 0.6) is 11.5 Å². The van der Waals surface area contributed by atoms with E-state index in [4.69, 9.17) is 15.2 Å². The standard InChI is InChI=1S/C17H19NO3/c1-12(2)21-16-9-14(17(18)19)8-15(10-16)20-11-13-6-4-3-5-7-13/h3-10,12H,11H2,1-2H3,(H2,18,19). The van der Waals surface area contributed by atoms with Gasteiger partial charge in [0.25, 0.3) is 0 Å². The van der Waals surface area contributed by atoms with E-state index in [0.29, 0.717) is 23.7 Å². The molecule has 2 rings (SSSR count). The lowest BCUT2D eigenvalue weighted by atomic mass is 10.2. The highest BCUT2D eigenvalue weighted by Crippen LogP contribution is 2.24. The second-order valence-electron chi connectivity index (χ2n) is 5.00. The van der Waals surface area contributed by atoms with Gasteiger partial charge < -0.3 is 15.2 Å². The van der Waals surface area contributed by atoms with E-state index in [-0.39, 0.29) is 6.10 Å². The van der Waals surface area contributed by atoms with E-state index in [1.54, 1.807) is 18.2 Å². The minimum absolute atomic E-state index is 0.00935. The summed E-state index contributed by atoms with van der Waals surface area (Å²) in [6, 6.07) is 14.8. The maximum absolute atomic E-state index is 11.4. The van der Waals surface area contributed by atoms with Crippen molar-refractivity contribution in [3.63, 3.8) is 0 Å². The molecule has 21 heavy (non-hydrogen) atoms. The molecule has 0 saturated heterocycles. The summed E-state index contributed by atoms with van der Waals surface area (Å²) in [7, 11) is 0. The second kappa shape index (κ2) is 6.79. The summed E-state index contributed by atoms with van der Waals surface area (Å²) >= 11 is 0. The number of nitrogens with two attached hydrogens (primary N) is 1. The summed E-state index contributed by atoms with van der Waals surface area (Å²) in [5.41, 5.74) is 6.76. The van der Waals surface area contributed by atoms with Crippen LogP contribution in [0.3, 0.4) is 0 Å². The molecule has 2 N–H and O–H groups in total. The fraction of sp³-hybridized carbons (Fsp3) is 0.235. The first-order chi connectivity index (χ1) is 10.0. The molecule has 0 radical (unpaired) electrons. The van der Waals surface area contributed by atoms with E-state index in [1.165, 1.54) is 0 Å². The predicted molar refractivity (Wildman–Crippen MR) is 81.5 cm³/mol. The number of primary amides is 1. The number of benzene rings is 2. The van der Waals surface area contributed by atoms with Gasteiger partial charge >= 0.3 is 0 Å². The summed E-state index contributed by atoms with van der Waals surface area (Å²) in [4.78, 5) is 11.4. The van der Waals surface area contributed by atoms with Gasteiger partial charge in [-0.2, -0.15) is 0 Å². The molecule has 0 aliphatic heterocycles. The third-order valence-corrected chi connectivity index (χ3v) is 2.78. The zero-order valence-corrected chi connectivity index (χ0v) is 12.2. The van der Waals surface area contributed by atoms with Crippen LogP contribution in [0.1, 0.15) is 29.8 Å². The molecule has 0 fully saturated rings. The molecule has 0 spiro atoms. The smallest absolute Gasteiger partial charge is 0.248 e. The normalized spacial score (nSPS) is 10.4. The van der Waals surface area contributed by atoms with Crippen molar-refractivity contribution in [3.8, 4) is 11.5 Å². The molecule has 0 saturated carbocycles. The van der Waals surface area contributed by atoms with Crippen molar-refractivity contribution in [2.75, 3.05) is 0 Å². The number of hydrogen-bond acceptors (Lipinski definition) is 3. The number of carbonyl (C=O) groups is 1. The highest BCUT2D eigenvalue weighted by Gasteiger charge is 2.08. The van der Waals surface area contributed by atoms with Gasteiger partial charge in [-0.25, -0.2) is 0 Å². The molecule has 1 amide bonds. The Bertz CT molecular complexity index is 609. The van der Waals surface area contributed by atoms with Crippen molar-refractivity contribution < 1.29 is 14.3 Å². The van der Waals surface area contributed by atoms with Gasteiger partial charge in [-0.05, 0) is 31.5 Å². The van der Waals surface area contributed by atoms with Crippen LogP contribution in [0.2, 0.25) is 0 Å². The van der Waals surface area contributed by atoms with Crippen molar-refractivity contribution in [2.45, 2.75) is 26.6 Å². The fourth-order valence-corrected chi connectivity index (χ4v) is 1.88. The first-order valence-electron chi connectivity index (χ1n) is 6.83. The highest BCUT2D eigenvalue weighted by molar-refractivity contribution is 5.93. The molecule has 0 atom stereocenters. The Morgan fingerprint density at radius 1 is 1.10 bits per heavy atom. The maximum Gasteiger partial charge on any atom is 0.248 e. The molecule has 0 heterocycles. The second-order valence-corrected chi connectivity index (χ2v) is 5.00. The monoisotopic (exact) mass is 285 g/mol. The Balaban J connectivity index is 2.17. The van der Waals surface area contributed by atoms with Crippen molar-refractivity contribution in [2.24, 2.45) is 5.73 Å². The van der Waals surface area contributed by atoms with Gasteiger partial charge in [-0.15, -0.1) is 0 Å². The molecule has 2 aromatic rings. The molecular formula is C17H19NO3. The molecule has 0 unspecified atom stereocenters. The van der Waals surface area contributed by atoms with Gasteiger partial charge in [0.1, 0.15) is 18.1 Å². The molecule has 0 aliphatic rings. The molecule has 0 aromatic heterocycles. The van der Waals surface area contributed by atoms with E-state index in [1.807, 2.05) is 44.2 Å². The molecule has 4 heteroatoms. The zero-order valence-electron chi connectivity index (χ0n) is 12.2. The van der Waals surface area contributed by atoms with Crippen LogP contribution >= 0.6 is 0 Å². The van der Waals surface area contributed by atoms with Crippen LogP contribution in [0.25, 0.3) is 0 Å². The third-order valence-electron chi connectivity index (χ3n) is 2.78. The lowest BCUT2D eigenvalue weighted by molar-refractivity contribution is 0.0999. The molecule has 0 aliphatic carbocycles. The van der Waals surface area contributed by atoms with E-state index in [2.05, 4.69) is 0 Å². The third kappa shape index (κ3) is 4.53. The topological polar surface area (TPSA) is 61.6 Å². The first kappa shape index (κ1) is 14.9. The van der Waals surface area contributed by atoms with Gasteiger partial charge in [0, 0.05) is 11.6 Å². The number of hydrogen-bond donors (Lipinski definition) is 1. The molecular weight excluding hydrogens is 266 g/mol. The molecule has 110 valence electrons. The van der Waals surface area contributed by atoms with Crippen LogP contribution < -0.4 is 15.2 Å². The predicted octanol–water partition coefficient (Wildman–Crippen LogP) is 3.15. The van der Waals surface area contributed by atoms with E-state index >= 15 is 0 Å². The van der Waals surface area contributed by atoms with E-state index in [0.717, 1.165) is 5.56 Å². The Labute approximate surface area is 124 Å². The van der Waals surface area contributed by atoms with Crippen LogP contribution in [0.4, 0.5) is 0 Å². The van der Waals surface area contributed by atoms with Crippen LogP contribution in [0, 0.1) is 0 Å². The molecule has 4 nitrogen and oxygen atoms in total. The van der Waals surface area contributed by atoms with Gasteiger partial charge in [0.15, 0.2) is 0 Å². The zero-order chi connectivity index (χ0) is 15.2. The van der Waals surface area contributed by atoms with Crippen LogP contribution in [-0.4, -0.2) is 12.0 Å². The van der Waals surface area contributed by atoms with Crippen molar-refractivity contribution in [1.29, 1.82) is 0 Å². The highest BCUT2D eigenvalue weighted by atomic mass is 16.5. The van der Waals surface area contributed by atoms with Crippen molar-refractivity contribution >= 4 is 5.91 Å². The van der Waals surface area contributed by atoms with E-state index < -0.39 is 5.91 Å². The Morgan fingerprint density at radius 2 is 1.76 bits per heavy atom. The van der Waals surface area contributed by atoms with Crippen molar-refractivity contribution in [1.82, 2.24) is 0 Å². The summed E-state index contributed by atoms with van der Waals surface area (Å²) in [6.45, 7) is 4.26. The quantitative estimate of drug-likeness (QED) is 0.886. The van der Waals surface area contributed by atoms with Gasteiger partial charge in [-0.3, -0.25) is 4.79 Å². The Hall–Kier alpha value is -2.49. The number of carbonyl (C=O) groups excluding carboxylic acids is 1. The number of amides is 1. The Morgan fingerprint density at radius 3 is 2.38 bits per heavy atom. The summed E-state index contributed by atoms with van der Waals surface area (Å²) in [6.07, 6.45) is 0.00935. The summed E-state index contributed by atoms with van der Waals surface area (Å²) in [5.74, 6) is 0.629. The molecule has 2 aromatic carbocycles. The molecule has 0 bridgehead atoms. The van der Waals surface area contributed by atoms with Gasteiger partial charge in [0.05, 0.1) is 6.10 Å². The SMILES string of the molecule is CC(C)Oc1cc(OCc2ccccc2)cc(C(N)=O)c1. The minimum Gasteiger partial charge on any atom is -0.491 e. The largest absolute Gasteiger partial charge is 0.491 e. The van der Waals surface area contributed by atoms with Crippen LogP contribution in [-0.2, 0) is 6.61 Å². The van der Waals surface area contributed by atoms with Gasteiger partial charge in [0.2, 0.25) is 5.91 Å². The maximum atomic E-state index is 11.4. The number of rotatable bonds is 6. The average Bonchev–Trinajstić information content (AvgIpc) is 2.45.